The summed E-state index contributed by atoms with van der Waals surface area (Å²) in [5.41, 5.74) is 5.37. The number of halogens is 4. The van der Waals surface area contributed by atoms with Crippen LogP contribution in [0.5, 0.6) is 0 Å². The van der Waals surface area contributed by atoms with E-state index in [1.807, 2.05) is 19.0 Å². The number of rotatable bonds is 6. The zero-order valence-corrected chi connectivity index (χ0v) is 19.6. The molecule has 8 nitrogen and oxygen atoms in total. The molecule has 0 radical (unpaired) electrons. The van der Waals surface area contributed by atoms with Crippen molar-refractivity contribution in [2.75, 3.05) is 32.5 Å². The Morgan fingerprint density at radius 3 is 2.64 bits per heavy atom. The number of amides is 1. The highest BCUT2D eigenvalue weighted by Crippen LogP contribution is 2.43. The van der Waals surface area contributed by atoms with Crippen LogP contribution in [-0.2, 0) is 0 Å². The molecule has 2 aromatic rings. The summed E-state index contributed by atoms with van der Waals surface area (Å²) in [5.74, 6) is -0.613. The lowest BCUT2D eigenvalue weighted by Gasteiger charge is -2.33. The number of aromatic nitrogens is 2. The standard InChI is InChI=1S/C20H25ClF3N7OS/c1-30(2)9-3-8-25-19(33)28-27-18(32)15-11-17-26-14(12-4-6-13(21)7-5-12)10-16(20(22,23)24)31(17)29-15/h4-7,11,14,16,26H,3,8-10H2,1-2H3,(H,27,32)(H2,25,28,33)/t14-,16-/m0/s1. The molecular formula is C20H25ClF3N7OS. The fourth-order valence-corrected chi connectivity index (χ4v) is 3.70. The number of alkyl halides is 3. The fourth-order valence-electron chi connectivity index (χ4n) is 3.42. The molecule has 2 heterocycles. The van der Waals surface area contributed by atoms with E-state index in [4.69, 9.17) is 23.8 Å². The summed E-state index contributed by atoms with van der Waals surface area (Å²) in [6, 6.07) is 5.36. The van der Waals surface area contributed by atoms with Gasteiger partial charge in [-0.05, 0) is 57.0 Å². The van der Waals surface area contributed by atoms with Crippen molar-refractivity contribution >= 4 is 40.7 Å². The van der Waals surface area contributed by atoms with Crippen molar-refractivity contribution in [2.24, 2.45) is 0 Å². The van der Waals surface area contributed by atoms with E-state index in [-0.39, 0.29) is 23.0 Å². The Morgan fingerprint density at radius 2 is 2.00 bits per heavy atom. The van der Waals surface area contributed by atoms with Gasteiger partial charge in [0.1, 0.15) is 5.82 Å². The number of benzene rings is 1. The number of anilines is 1. The fraction of sp³-hybridized carbons (Fsp3) is 0.450. The first-order valence-corrected chi connectivity index (χ1v) is 11.0. The second-order valence-corrected chi connectivity index (χ2v) is 8.74. The molecule has 1 aliphatic heterocycles. The average Bonchev–Trinajstić information content (AvgIpc) is 3.18. The summed E-state index contributed by atoms with van der Waals surface area (Å²) >= 11 is 11.0. The summed E-state index contributed by atoms with van der Waals surface area (Å²) in [6.45, 7) is 1.47. The van der Waals surface area contributed by atoms with Gasteiger partial charge in [0.05, 0.1) is 6.04 Å². The molecule has 33 heavy (non-hydrogen) atoms. The van der Waals surface area contributed by atoms with Crippen LogP contribution in [0.4, 0.5) is 19.0 Å². The number of nitrogens with zero attached hydrogens (tertiary/aromatic N) is 3. The van der Waals surface area contributed by atoms with Crippen molar-refractivity contribution in [2.45, 2.75) is 31.1 Å². The lowest BCUT2D eigenvalue weighted by molar-refractivity contribution is -0.173. The van der Waals surface area contributed by atoms with Gasteiger partial charge in [0, 0.05) is 24.1 Å². The minimum atomic E-state index is -4.54. The monoisotopic (exact) mass is 503 g/mol. The van der Waals surface area contributed by atoms with Crippen molar-refractivity contribution in [3.8, 4) is 0 Å². The first-order valence-electron chi connectivity index (χ1n) is 10.2. The van der Waals surface area contributed by atoms with Crippen molar-refractivity contribution in [1.29, 1.82) is 0 Å². The van der Waals surface area contributed by atoms with Crippen molar-refractivity contribution in [3.05, 3.63) is 46.6 Å². The average molecular weight is 504 g/mol. The molecule has 0 saturated carbocycles. The maximum Gasteiger partial charge on any atom is 0.410 e. The molecule has 13 heteroatoms. The third kappa shape index (κ3) is 6.71. The Hall–Kier alpha value is -2.57. The lowest BCUT2D eigenvalue weighted by atomic mass is 9.97. The minimum Gasteiger partial charge on any atom is -0.363 e. The van der Waals surface area contributed by atoms with Gasteiger partial charge in [0.2, 0.25) is 0 Å². The van der Waals surface area contributed by atoms with Crippen LogP contribution >= 0.6 is 23.8 Å². The van der Waals surface area contributed by atoms with Gasteiger partial charge in [-0.15, -0.1) is 0 Å². The quantitative estimate of drug-likeness (QED) is 0.273. The normalized spacial score (nSPS) is 17.8. The molecule has 2 atom stereocenters. The molecule has 0 unspecified atom stereocenters. The molecule has 1 aromatic heterocycles. The van der Waals surface area contributed by atoms with Gasteiger partial charge in [-0.2, -0.15) is 18.3 Å². The van der Waals surface area contributed by atoms with Gasteiger partial charge in [0.15, 0.2) is 16.8 Å². The summed E-state index contributed by atoms with van der Waals surface area (Å²) in [4.78, 5) is 14.5. The second-order valence-electron chi connectivity index (χ2n) is 7.89. The predicted molar refractivity (Wildman–Crippen MR) is 124 cm³/mol. The highest BCUT2D eigenvalue weighted by Gasteiger charge is 2.46. The van der Waals surface area contributed by atoms with Crippen LogP contribution in [0.15, 0.2) is 30.3 Å². The maximum absolute atomic E-state index is 13.8. The SMILES string of the molecule is CN(C)CCCNC(=S)NNC(=O)c1cc2n(n1)[C@H](C(F)(F)F)C[C@@H](c1ccc(Cl)cc1)N2. The Labute approximate surface area is 199 Å². The van der Waals surface area contributed by atoms with Gasteiger partial charge in [-0.1, -0.05) is 23.7 Å². The van der Waals surface area contributed by atoms with Crippen LogP contribution < -0.4 is 21.5 Å². The van der Waals surface area contributed by atoms with E-state index in [2.05, 4.69) is 26.6 Å². The van der Waals surface area contributed by atoms with Crippen LogP contribution in [0.25, 0.3) is 0 Å². The zero-order valence-electron chi connectivity index (χ0n) is 18.0. The van der Waals surface area contributed by atoms with Gasteiger partial charge in [0.25, 0.3) is 5.91 Å². The van der Waals surface area contributed by atoms with Crippen molar-refractivity contribution in [3.63, 3.8) is 0 Å². The predicted octanol–water partition coefficient (Wildman–Crippen LogP) is 3.26. The molecule has 0 saturated heterocycles. The molecule has 1 aliphatic rings. The largest absolute Gasteiger partial charge is 0.410 e. The maximum atomic E-state index is 13.8. The molecule has 4 N–H and O–H groups in total. The third-order valence-electron chi connectivity index (χ3n) is 5.05. The molecule has 180 valence electrons. The van der Waals surface area contributed by atoms with Crippen LogP contribution in [0, 0.1) is 0 Å². The van der Waals surface area contributed by atoms with E-state index in [1.165, 1.54) is 6.07 Å². The van der Waals surface area contributed by atoms with E-state index < -0.39 is 24.2 Å². The number of hydrazine groups is 1. The van der Waals surface area contributed by atoms with Gasteiger partial charge >= 0.3 is 6.18 Å². The number of thiocarbonyl (C=S) groups is 1. The van der Waals surface area contributed by atoms with Crippen LogP contribution in [-0.4, -0.2) is 59.1 Å². The number of hydrogen-bond donors (Lipinski definition) is 4. The van der Waals surface area contributed by atoms with Crippen molar-refractivity contribution < 1.29 is 18.0 Å². The molecule has 3 rings (SSSR count). The Morgan fingerprint density at radius 1 is 1.30 bits per heavy atom. The molecule has 1 aromatic carbocycles. The van der Waals surface area contributed by atoms with Crippen molar-refractivity contribution in [1.82, 2.24) is 30.8 Å². The van der Waals surface area contributed by atoms with Gasteiger partial charge < -0.3 is 15.5 Å². The molecule has 0 aliphatic carbocycles. The second kappa shape index (κ2) is 10.6. The van der Waals surface area contributed by atoms with E-state index >= 15 is 0 Å². The highest BCUT2D eigenvalue weighted by atomic mass is 35.5. The highest BCUT2D eigenvalue weighted by molar-refractivity contribution is 7.80. The molecule has 0 fully saturated rings. The number of fused-ring (bicyclic) bond motifs is 1. The number of carbonyl (C=O) groups excluding carboxylic acids is 1. The van der Waals surface area contributed by atoms with Crippen LogP contribution in [0.3, 0.4) is 0 Å². The molecule has 1 amide bonds. The summed E-state index contributed by atoms with van der Waals surface area (Å²) < 4.78 is 42.2. The van der Waals surface area contributed by atoms with E-state index in [0.717, 1.165) is 17.6 Å². The summed E-state index contributed by atoms with van der Waals surface area (Å²) in [7, 11) is 3.91. The first kappa shape index (κ1) is 25.1. The zero-order chi connectivity index (χ0) is 24.2. The van der Waals surface area contributed by atoms with Gasteiger partial charge in [-0.3, -0.25) is 15.6 Å². The summed E-state index contributed by atoms with van der Waals surface area (Å²) in [5, 5.41) is 10.6. The molecule has 0 bridgehead atoms. The number of nitrogens with one attached hydrogen (secondary N) is 4. The Balaban J connectivity index is 1.67. The van der Waals surface area contributed by atoms with E-state index in [1.54, 1.807) is 24.3 Å². The topological polar surface area (TPSA) is 86.2 Å². The number of hydrogen-bond acceptors (Lipinski definition) is 5. The Kier molecular flexibility index (Phi) is 8.03. The van der Waals surface area contributed by atoms with E-state index in [9.17, 15) is 18.0 Å². The smallest absolute Gasteiger partial charge is 0.363 e. The van der Waals surface area contributed by atoms with Crippen LogP contribution in [0.1, 0.15) is 41.0 Å². The Bertz CT molecular complexity index is 981. The summed E-state index contributed by atoms with van der Waals surface area (Å²) in [6.07, 6.45) is -3.98. The molecule has 0 spiro atoms. The third-order valence-corrected chi connectivity index (χ3v) is 5.55. The van der Waals surface area contributed by atoms with Crippen LogP contribution in [0.2, 0.25) is 5.02 Å². The number of carbonyl (C=O) groups is 1. The minimum absolute atomic E-state index is 0.0954. The van der Waals surface area contributed by atoms with Gasteiger partial charge in [-0.25, -0.2) is 4.68 Å². The lowest BCUT2D eigenvalue weighted by Crippen LogP contribution is -2.47. The molecular weight excluding hydrogens is 479 g/mol. The van der Waals surface area contributed by atoms with E-state index in [0.29, 0.717) is 17.1 Å². The first-order chi connectivity index (χ1) is 15.5.